The maximum absolute atomic E-state index is 12.5. The van der Waals surface area contributed by atoms with Crippen LogP contribution in [0.1, 0.15) is 50.0 Å². The molecule has 5 nitrogen and oxygen atoms in total. The zero-order valence-corrected chi connectivity index (χ0v) is 19.1. The Morgan fingerprint density at radius 3 is 2.42 bits per heavy atom. The average molecular weight is 443 g/mol. The van der Waals surface area contributed by atoms with Gasteiger partial charge in [-0.3, -0.25) is 0 Å². The number of benzene rings is 2. The van der Waals surface area contributed by atoms with Crippen molar-refractivity contribution in [2.75, 3.05) is 20.2 Å². The van der Waals surface area contributed by atoms with E-state index in [2.05, 4.69) is 28.2 Å². The summed E-state index contributed by atoms with van der Waals surface area (Å²) in [6, 6.07) is 17.1. The Kier molecular flexibility index (Phi) is 7.31. The Labute approximate surface area is 186 Å². The van der Waals surface area contributed by atoms with Crippen LogP contribution in [0.15, 0.2) is 59.5 Å². The van der Waals surface area contributed by atoms with Gasteiger partial charge in [-0.05, 0) is 93.1 Å². The lowest BCUT2D eigenvalue weighted by molar-refractivity contribution is 0.295. The van der Waals surface area contributed by atoms with Crippen molar-refractivity contribution >= 4 is 10.0 Å². The average Bonchev–Trinajstić information content (AvgIpc) is 3.57. The third kappa shape index (κ3) is 5.88. The molecule has 0 bridgehead atoms. The second-order valence-corrected chi connectivity index (χ2v) is 10.7. The van der Waals surface area contributed by atoms with Gasteiger partial charge in [0.05, 0.1) is 12.0 Å². The van der Waals surface area contributed by atoms with Gasteiger partial charge in [0.2, 0.25) is 10.0 Å². The third-order valence-corrected chi connectivity index (χ3v) is 8.36. The highest BCUT2D eigenvalue weighted by molar-refractivity contribution is 7.89. The zero-order chi connectivity index (χ0) is 21.7. The Balaban J connectivity index is 1.13. The first kappa shape index (κ1) is 22.3. The Morgan fingerprint density at radius 1 is 0.968 bits per heavy atom. The van der Waals surface area contributed by atoms with Crippen molar-refractivity contribution in [3.05, 3.63) is 60.2 Å². The van der Waals surface area contributed by atoms with Crippen molar-refractivity contribution in [3.8, 4) is 5.75 Å². The molecular weight excluding hydrogens is 408 g/mol. The molecule has 2 aromatic rings. The van der Waals surface area contributed by atoms with Crippen molar-refractivity contribution in [1.82, 2.24) is 10.0 Å². The minimum atomic E-state index is -3.41. The summed E-state index contributed by atoms with van der Waals surface area (Å²) in [5.41, 5.74) is 1.34. The quantitative estimate of drug-likeness (QED) is 0.538. The normalized spacial score (nSPS) is 25.8. The highest BCUT2D eigenvalue weighted by Gasteiger charge is 2.39. The van der Waals surface area contributed by atoms with Gasteiger partial charge < -0.3 is 10.1 Å². The maximum Gasteiger partial charge on any atom is 0.240 e. The summed E-state index contributed by atoms with van der Waals surface area (Å²) >= 11 is 0. The number of methoxy groups -OCH3 is 1. The minimum Gasteiger partial charge on any atom is -0.496 e. The van der Waals surface area contributed by atoms with Crippen molar-refractivity contribution in [1.29, 1.82) is 0 Å². The number of para-hydroxylation sites is 1. The lowest BCUT2D eigenvalue weighted by atomic mass is 9.84. The van der Waals surface area contributed by atoms with Gasteiger partial charge in [0, 0.05) is 6.04 Å². The van der Waals surface area contributed by atoms with Crippen LogP contribution in [0.25, 0.3) is 0 Å². The van der Waals surface area contributed by atoms with Gasteiger partial charge in [0.25, 0.3) is 0 Å². The summed E-state index contributed by atoms with van der Waals surface area (Å²) in [6.45, 7) is 2.11. The number of nitrogens with one attached hydrogen (secondary N) is 2. The van der Waals surface area contributed by atoms with Gasteiger partial charge in [-0.25, -0.2) is 13.1 Å². The molecule has 2 aliphatic rings. The van der Waals surface area contributed by atoms with Crippen molar-refractivity contribution in [2.45, 2.75) is 55.4 Å². The van der Waals surface area contributed by atoms with E-state index in [4.69, 9.17) is 4.74 Å². The van der Waals surface area contributed by atoms with Crippen LogP contribution in [0.5, 0.6) is 5.75 Å². The van der Waals surface area contributed by atoms with Crippen LogP contribution < -0.4 is 14.8 Å². The molecule has 31 heavy (non-hydrogen) atoms. The van der Waals surface area contributed by atoms with E-state index in [0.29, 0.717) is 22.6 Å². The van der Waals surface area contributed by atoms with Gasteiger partial charge in [0.15, 0.2) is 0 Å². The van der Waals surface area contributed by atoms with Crippen LogP contribution in [-0.2, 0) is 10.0 Å². The standard InChI is InChI=1S/C25H34N2O3S/c1-30-25-10-6-5-9-23(25)24-17-20(24)18-26-16-15-19-11-13-21(14-12-19)27-31(28,29)22-7-3-2-4-8-22/h2-10,19-21,24,26-27H,11-18H2,1H3. The molecule has 0 aromatic heterocycles. The summed E-state index contributed by atoms with van der Waals surface area (Å²) in [6.07, 6.45) is 6.45. The molecular formula is C25H34N2O3S. The maximum atomic E-state index is 12.5. The van der Waals surface area contributed by atoms with E-state index in [1.54, 1.807) is 31.4 Å². The molecule has 0 amide bonds. The molecule has 0 aliphatic heterocycles. The number of hydrogen-bond acceptors (Lipinski definition) is 4. The number of rotatable bonds is 10. The molecule has 2 N–H and O–H groups in total. The summed E-state index contributed by atoms with van der Waals surface area (Å²) in [5.74, 6) is 3.03. The monoisotopic (exact) mass is 442 g/mol. The van der Waals surface area contributed by atoms with E-state index in [1.165, 1.54) is 18.4 Å². The first-order valence-electron chi connectivity index (χ1n) is 11.5. The van der Waals surface area contributed by atoms with E-state index in [9.17, 15) is 8.42 Å². The SMILES string of the molecule is COc1ccccc1C1CC1CNCCC1CCC(NS(=O)(=O)c2ccccc2)CC1. The molecule has 168 valence electrons. The fourth-order valence-electron chi connectivity index (χ4n) is 4.88. The summed E-state index contributed by atoms with van der Waals surface area (Å²) in [7, 11) is -1.66. The van der Waals surface area contributed by atoms with E-state index in [1.807, 2.05) is 12.1 Å². The smallest absolute Gasteiger partial charge is 0.240 e. The fourth-order valence-corrected chi connectivity index (χ4v) is 6.20. The van der Waals surface area contributed by atoms with Gasteiger partial charge in [0.1, 0.15) is 5.75 Å². The second-order valence-electron chi connectivity index (χ2n) is 8.99. The molecule has 2 fully saturated rings. The van der Waals surface area contributed by atoms with Crippen LogP contribution in [0, 0.1) is 11.8 Å². The molecule has 0 saturated heterocycles. The lowest BCUT2D eigenvalue weighted by Gasteiger charge is -2.29. The largest absolute Gasteiger partial charge is 0.496 e. The summed E-state index contributed by atoms with van der Waals surface area (Å²) < 4.78 is 33.4. The number of sulfonamides is 1. The second kappa shape index (κ2) is 10.2. The minimum absolute atomic E-state index is 0.0579. The van der Waals surface area contributed by atoms with E-state index < -0.39 is 10.0 Å². The zero-order valence-electron chi connectivity index (χ0n) is 18.3. The number of hydrogen-bond donors (Lipinski definition) is 2. The van der Waals surface area contributed by atoms with Crippen molar-refractivity contribution in [3.63, 3.8) is 0 Å². The molecule has 2 unspecified atom stereocenters. The van der Waals surface area contributed by atoms with Crippen LogP contribution >= 0.6 is 0 Å². The first-order chi connectivity index (χ1) is 15.1. The van der Waals surface area contributed by atoms with Crippen molar-refractivity contribution < 1.29 is 13.2 Å². The predicted octanol–water partition coefficient (Wildman–Crippen LogP) is 4.32. The molecule has 0 radical (unpaired) electrons. The van der Waals surface area contributed by atoms with Gasteiger partial charge >= 0.3 is 0 Å². The molecule has 0 heterocycles. The van der Waals surface area contributed by atoms with E-state index in [-0.39, 0.29) is 6.04 Å². The number of ether oxygens (including phenoxy) is 1. The van der Waals surface area contributed by atoms with Crippen LogP contribution in [-0.4, -0.2) is 34.7 Å². The van der Waals surface area contributed by atoms with E-state index >= 15 is 0 Å². The Bertz CT molecular complexity index is 940. The highest BCUT2D eigenvalue weighted by atomic mass is 32.2. The van der Waals surface area contributed by atoms with Crippen LogP contribution in [0.2, 0.25) is 0 Å². The highest BCUT2D eigenvalue weighted by Crippen LogP contribution is 2.49. The topological polar surface area (TPSA) is 67.4 Å². The first-order valence-corrected chi connectivity index (χ1v) is 13.0. The van der Waals surface area contributed by atoms with Gasteiger partial charge in [-0.15, -0.1) is 0 Å². The molecule has 2 aromatic carbocycles. The Morgan fingerprint density at radius 2 is 1.68 bits per heavy atom. The van der Waals surface area contributed by atoms with Gasteiger partial charge in [-0.2, -0.15) is 0 Å². The molecule has 2 aliphatic carbocycles. The van der Waals surface area contributed by atoms with E-state index in [0.717, 1.165) is 44.5 Å². The summed E-state index contributed by atoms with van der Waals surface area (Å²) in [5, 5.41) is 3.65. The predicted molar refractivity (Wildman–Crippen MR) is 124 cm³/mol. The molecule has 4 rings (SSSR count). The summed E-state index contributed by atoms with van der Waals surface area (Å²) in [4.78, 5) is 0.354. The molecule has 6 heteroatoms. The lowest BCUT2D eigenvalue weighted by Crippen LogP contribution is -2.38. The molecule has 2 saturated carbocycles. The van der Waals surface area contributed by atoms with Gasteiger partial charge in [-0.1, -0.05) is 36.4 Å². The third-order valence-electron chi connectivity index (χ3n) is 6.82. The van der Waals surface area contributed by atoms with Crippen LogP contribution in [0.3, 0.4) is 0 Å². The fraction of sp³-hybridized carbons (Fsp3) is 0.520. The molecule has 0 spiro atoms. The Hall–Kier alpha value is -1.89. The van der Waals surface area contributed by atoms with Crippen LogP contribution in [0.4, 0.5) is 0 Å². The van der Waals surface area contributed by atoms with Crippen molar-refractivity contribution in [2.24, 2.45) is 11.8 Å². The molecule has 2 atom stereocenters.